The van der Waals surface area contributed by atoms with Gasteiger partial charge in [-0.15, -0.1) is 0 Å². The van der Waals surface area contributed by atoms with Crippen LogP contribution in [0.15, 0.2) is 18.2 Å². The third kappa shape index (κ3) is 3.21. The van der Waals surface area contributed by atoms with Gasteiger partial charge in [0.15, 0.2) is 0 Å². The number of carbonyl (C=O) groups excluding carboxylic acids is 1. The third-order valence-electron chi connectivity index (χ3n) is 4.37. The SMILES string of the molecule is O=C(O)C1CCN(C(=O)NCc2cc(C3CC3)ccc2F)C1. The molecular weight excluding hydrogens is 287 g/mol. The number of carboxylic acids is 1. The van der Waals surface area contributed by atoms with Gasteiger partial charge >= 0.3 is 12.0 Å². The first-order chi connectivity index (χ1) is 10.5. The smallest absolute Gasteiger partial charge is 0.317 e. The van der Waals surface area contributed by atoms with Crippen molar-refractivity contribution in [3.63, 3.8) is 0 Å². The van der Waals surface area contributed by atoms with Gasteiger partial charge in [-0.1, -0.05) is 12.1 Å². The van der Waals surface area contributed by atoms with Crippen LogP contribution in [-0.2, 0) is 11.3 Å². The molecule has 1 aromatic rings. The summed E-state index contributed by atoms with van der Waals surface area (Å²) in [4.78, 5) is 24.4. The van der Waals surface area contributed by atoms with E-state index in [4.69, 9.17) is 5.11 Å². The number of halogens is 1. The molecule has 2 fully saturated rings. The van der Waals surface area contributed by atoms with Gasteiger partial charge in [0.2, 0.25) is 0 Å². The van der Waals surface area contributed by atoms with Crippen molar-refractivity contribution in [1.82, 2.24) is 10.2 Å². The number of likely N-dealkylation sites (tertiary alicyclic amines) is 1. The molecule has 1 saturated carbocycles. The van der Waals surface area contributed by atoms with E-state index in [1.807, 2.05) is 6.07 Å². The summed E-state index contributed by atoms with van der Waals surface area (Å²) in [7, 11) is 0. The lowest BCUT2D eigenvalue weighted by Gasteiger charge is -2.17. The van der Waals surface area contributed by atoms with Crippen molar-refractivity contribution in [2.75, 3.05) is 13.1 Å². The van der Waals surface area contributed by atoms with Crippen molar-refractivity contribution < 1.29 is 19.1 Å². The number of nitrogens with zero attached hydrogens (tertiary/aromatic N) is 1. The summed E-state index contributed by atoms with van der Waals surface area (Å²) in [6.45, 7) is 0.763. The molecule has 1 heterocycles. The Bertz CT molecular complexity index is 601. The van der Waals surface area contributed by atoms with Gasteiger partial charge in [-0.3, -0.25) is 4.79 Å². The summed E-state index contributed by atoms with van der Waals surface area (Å²) in [5, 5.41) is 11.6. The molecule has 2 aliphatic rings. The summed E-state index contributed by atoms with van der Waals surface area (Å²) in [6.07, 6.45) is 2.75. The van der Waals surface area contributed by atoms with Crippen LogP contribution in [0.2, 0.25) is 0 Å². The Balaban J connectivity index is 1.57. The van der Waals surface area contributed by atoms with Crippen molar-refractivity contribution in [3.8, 4) is 0 Å². The minimum absolute atomic E-state index is 0.124. The van der Waals surface area contributed by atoms with Gasteiger partial charge in [-0.2, -0.15) is 0 Å². The molecule has 1 unspecified atom stereocenters. The molecule has 2 amide bonds. The highest BCUT2D eigenvalue weighted by molar-refractivity contribution is 5.77. The molecule has 0 radical (unpaired) electrons. The van der Waals surface area contributed by atoms with Gasteiger partial charge in [-0.05, 0) is 36.8 Å². The predicted octanol–water partition coefficient (Wildman–Crippen LogP) is 2.32. The molecule has 1 atom stereocenters. The van der Waals surface area contributed by atoms with E-state index in [0.717, 1.165) is 18.4 Å². The van der Waals surface area contributed by atoms with Gasteiger partial charge in [0.1, 0.15) is 5.82 Å². The van der Waals surface area contributed by atoms with Gasteiger partial charge in [0.05, 0.1) is 5.92 Å². The zero-order valence-corrected chi connectivity index (χ0v) is 12.2. The molecule has 1 aromatic carbocycles. The third-order valence-corrected chi connectivity index (χ3v) is 4.37. The van der Waals surface area contributed by atoms with Crippen LogP contribution < -0.4 is 5.32 Å². The van der Waals surface area contributed by atoms with Crippen LogP contribution in [0.25, 0.3) is 0 Å². The van der Waals surface area contributed by atoms with E-state index in [9.17, 15) is 14.0 Å². The standard InChI is InChI=1S/C16H19FN2O3/c17-14-4-3-11(10-1-2-10)7-13(14)8-18-16(22)19-6-5-12(9-19)15(20)21/h3-4,7,10,12H,1-2,5-6,8-9H2,(H,18,22)(H,20,21). The first-order valence-electron chi connectivity index (χ1n) is 7.58. The average Bonchev–Trinajstić information content (AvgIpc) is 3.22. The molecule has 2 N–H and O–H groups in total. The zero-order valence-electron chi connectivity index (χ0n) is 12.2. The number of rotatable bonds is 4. The minimum Gasteiger partial charge on any atom is -0.481 e. The summed E-state index contributed by atoms with van der Waals surface area (Å²) in [5.74, 6) is -1.17. The first-order valence-corrected chi connectivity index (χ1v) is 7.58. The molecule has 1 aliphatic carbocycles. The van der Waals surface area contributed by atoms with Gasteiger partial charge in [0, 0.05) is 25.2 Å². The van der Waals surface area contributed by atoms with Crippen molar-refractivity contribution in [2.45, 2.75) is 31.7 Å². The predicted molar refractivity (Wildman–Crippen MR) is 77.9 cm³/mol. The Morgan fingerprint density at radius 1 is 1.32 bits per heavy atom. The maximum absolute atomic E-state index is 13.8. The lowest BCUT2D eigenvalue weighted by molar-refractivity contribution is -0.141. The highest BCUT2D eigenvalue weighted by Gasteiger charge is 2.30. The number of urea groups is 1. The van der Waals surface area contributed by atoms with Crippen LogP contribution in [0.5, 0.6) is 0 Å². The second kappa shape index (κ2) is 5.94. The summed E-state index contributed by atoms with van der Waals surface area (Å²) in [6, 6.07) is 4.74. The maximum Gasteiger partial charge on any atom is 0.317 e. The monoisotopic (exact) mass is 306 g/mol. The minimum atomic E-state index is -0.876. The number of carbonyl (C=O) groups is 2. The Kier molecular flexibility index (Phi) is 4.00. The number of nitrogens with one attached hydrogen (secondary N) is 1. The molecule has 1 aliphatic heterocycles. The number of carboxylic acid groups (broad SMARTS) is 1. The van der Waals surface area contributed by atoms with E-state index in [-0.39, 0.29) is 24.9 Å². The molecule has 0 bridgehead atoms. The quantitative estimate of drug-likeness (QED) is 0.897. The Morgan fingerprint density at radius 2 is 2.09 bits per heavy atom. The lowest BCUT2D eigenvalue weighted by Crippen LogP contribution is -2.38. The fourth-order valence-electron chi connectivity index (χ4n) is 2.83. The number of benzene rings is 1. The van der Waals surface area contributed by atoms with Crippen LogP contribution in [0.4, 0.5) is 9.18 Å². The van der Waals surface area contributed by atoms with Crippen LogP contribution in [-0.4, -0.2) is 35.1 Å². The van der Waals surface area contributed by atoms with E-state index in [0.29, 0.717) is 24.4 Å². The number of amides is 2. The van der Waals surface area contributed by atoms with Crippen LogP contribution in [0.3, 0.4) is 0 Å². The number of aliphatic carboxylic acids is 1. The van der Waals surface area contributed by atoms with Crippen LogP contribution in [0.1, 0.15) is 36.3 Å². The highest BCUT2D eigenvalue weighted by atomic mass is 19.1. The number of hydrogen-bond donors (Lipinski definition) is 2. The van der Waals surface area contributed by atoms with E-state index in [1.54, 1.807) is 6.07 Å². The molecule has 1 saturated heterocycles. The molecule has 6 heteroatoms. The lowest BCUT2D eigenvalue weighted by atomic mass is 10.1. The van der Waals surface area contributed by atoms with Crippen LogP contribution in [0, 0.1) is 11.7 Å². The summed E-state index contributed by atoms with van der Waals surface area (Å²) in [5.41, 5.74) is 1.60. The normalized spacial score (nSPS) is 21.0. The molecule has 0 aromatic heterocycles. The Morgan fingerprint density at radius 3 is 2.73 bits per heavy atom. The second-order valence-corrected chi connectivity index (χ2v) is 6.05. The average molecular weight is 306 g/mol. The van der Waals surface area contributed by atoms with Gasteiger partial charge in [0.25, 0.3) is 0 Å². The topological polar surface area (TPSA) is 69.6 Å². The Labute approximate surface area is 128 Å². The largest absolute Gasteiger partial charge is 0.481 e. The summed E-state index contributed by atoms with van der Waals surface area (Å²) >= 11 is 0. The molecule has 3 rings (SSSR count). The zero-order chi connectivity index (χ0) is 15.7. The molecule has 118 valence electrons. The van der Waals surface area contributed by atoms with E-state index >= 15 is 0 Å². The maximum atomic E-state index is 13.8. The fourth-order valence-corrected chi connectivity index (χ4v) is 2.83. The van der Waals surface area contributed by atoms with Crippen LogP contribution >= 0.6 is 0 Å². The van der Waals surface area contributed by atoms with E-state index in [2.05, 4.69) is 5.32 Å². The Hall–Kier alpha value is -2.11. The van der Waals surface area contributed by atoms with Crippen molar-refractivity contribution in [2.24, 2.45) is 5.92 Å². The summed E-state index contributed by atoms with van der Waals surface area (Å²) < 4.78 is 13.8. The van der Waals surface area contributed by atoms with Crippen molar-refractivity contribution >= 4 is 12.0 Å². The molecular formula is C16H19FN2O3. The number of hydrogen-bond acceptors (Lipinski definition) is 2. The molecule has 0 spiro atoms. The van der Waals surface area contributed by atoms with Crippen molar-refractivity contribution in [3.05, 3.63) is 35.1 Å². The first kappa shape index (κ1) is 14.8. The van der Waals surface area contributed by atoms with E-state index < -0.39 is 11.9 Å². The van der Waals surface area contributed by atoms with E-state index in [1.165, 1.54) is 11.0 Å². The molecule has 22 heavy (non-hydrogen) atoms. The highest BCUT2D eigenvalue weighted by Crippen LogP contribution is 2.40. The van der Waals surface area contributed by atoms with Gasteiger partial charge in [-0.25, -0.2) is 9.18 Å². The fraction of sp³-hybridized carbons (Fsp3) is 0.500. The van der Waals surface area contributed by atoms with Crippen molar-refractivity contribution in [1.29, 1.82) is 0 Å². The molecule has 5 nitrogen and oxygen atoms in total. The van der Waals surface area contributed by atoms with Gasteiger partial charge < -0.3 is 15.3 Å². The second-order valence-electron chi connectivity index (χ2n) is 6.05.